The number of aliphatic hydroxyl groups excluding tert-OH is 2. The molecular formula is C18H20FNO5. The molecule has 25 heavy (non-hydrogen) atoms. The average molecular weight is 349 g/mol. The van der Waals surface area contributed by atoms with Gasteiger partial charge in [0.05, 0.1) is 37.6 Å². The smallest absolute Gasteiger partial charge is 0.340 e. The molecule has 0 unspecified atom stereocenters. The summed E-state index contributed by atoms with van der Waals surface area (Å²) in [6, 6.07) is 10.8. The van der Waals surface area contributed by atoms with E-state index in [2.05, 4.69) is 5.32 Å². The molecule has 2 aromatic carbocycles. The van der Waals surface area contributed by atoms with E-state index >= 15 is 0 Å². The van der Waals surface area contributed by atoms with Gasteiger partial charge < -0.3 is 25.0 Å². The minimum Gasteiger partial charge on any atom is -0.486 e. The third kappa shape index (κ3) is 4.91. The number of ether oxygens (including phenoxy) is 2. The summed E-state index contributed by atoms with van der Waals surface area (Å²) in [5.41, 5.74) is 0.993. The standard InChI is InChI=1S/C18H20FNO5/c1-24-18(23)14-7-17(25-11-12-5-3-2-4-6-12)15(19)8-16(14)20-13(9-21)10-22/h2-8,13,20-22H,9-11H2,1H3. The fourth-order valence-electron chi connectivity index (χ4n) is 2.17. The van der Waals surface area contributed by atoms with Crippen molar-refractivity contribution in [2.24, 2.45) is 0 Å². The Morgan fingerprint density at radius 2 is 1.88 bits per heavy atom. The van der Waals surface area contributed by atoms with Crippen molar-refractivity contribution in [1.82, 2.24) is 0 Å². The van der Waals surface area contributed by atoms with Crippen LogP contribution in [-0.2, 0) is 11.3 Å². The number of methoxy groups -OCH3 is 1. The normalized spacial score (nSPS) is 10.6. The summed E-state index contributed by atoms with van der Waals surface area (Å²) in [6.07, 6.45) is 0. The van der Waals surface area contributed by atoms with Crippen LogP contribution in [0.4, 0.5) is 10.1 Å². The summed E-state index contributed by atoms with van der Waals surface area (Å²) in [6.45, 7) is -0.628. The zero-order valence-corrected chi connectivity index (χ0v) is 13.7. The Balaban J connectivity index is 2.27. The van der Waals surface area contributed by atoms with Gasteiger partial charge in [-0.1, -0.05) is 30.3 Å². The van der Waals surface area contributed by atoms with Gasteiger partial charge in [-0.25, -0.2) is 9.18 Å². The van der Waals surface area contributed by atoms with Crippen LogP contribution in [0.25, 0.3) is 0 Å². The topological polar surface area (TPSA) is 88.0 Å². The first-order valence-electron chi connectivity index (χ1n) is 7.65. The average Bonchev–Trinajstić information content (AvgIpc) is 2.65. The molecule has 0 aliphatic heterocycles. The number of rotatable bonds is 8. The van der Waals surface area contributed by atoms with Gasteiger partial charge in [0.2, 0.25) is 0 Å². The van der Waals surface area contributed by atoms with Crippen LogP contribution in [0.1, 0.15) is 15.9 Å². The van der Waals surface area contributed by atoms with Crippen molar-refractivity contribution in [2.45, 2.75) is 12.6 Å². The zero-order chi connectivity index (χ0) is 18.2. The van der Waals surface area contributed by atoms with Crippen LogP contribution >= 0.6 is 0 Å². The number of benzene rings is 2. The van der Waals surface area contributed by atoms with Crippen LogP contribution in [0.3, 0.4) is 0 Å². The molecule has 3 N–H and O–H groups in total. The summed E-state index contributed by atoms with van der Waals surface area (Å²) >= 11 is 0. The molecule has 7 heteroatoms. The van der Waals surface area contributed by atoms with E-state index in [0.29, 0.717) is 0 Å². The minimum atomic E-state index is -0.737. The summed E-state index contributed by atoms with van der Waals surface area (Å²) in [5.74, 6) is -1.47. The van der Waals surface area contributed by atoms with E-state index < -0.39 is 17.8 Å². The third-order valence-electron chi connectivity index (χ3n) is 3.51. The Kier molecular flexibility index (Phi) is 6.73. The second kappa shape index (κ2) is 9.00. The molecule has 0 aliphatic rings. The molecule has 0 spiro atoms. The van der Waals surface area contributed by atoms with Gasteiger partial charge in [-0.15, -0.1) is 0 Å². The minimum absolute atomic E-state index is 0.0406. The Labute approximate surface area is 144 Å². The summed E-state index contributed by atoms with van der Waals surface area (Å²) in [5, 5.41) is 21.0. The SMILES string of the molecule is COC(=O)c1cc(OCc2ccccc2)c(F)cc1NC(CO)CO. The Morgan fingerprint density at radius 1 is 1.20 bits per heavy atom. The molecule has 2 aromatic rings. The van der Waals surface area contributed by atoms with Gasteiger partial charge in [-0.2, -0.15) is 0 Å². The van der Waals surface area contributed by atoms with Crippen molar-refractivity contribution in [3.8, 4) is 5.75 Å². The van der Waals surface area contributed by atoms with E-state index in [1.807, 2.05) is 30.3 Å². The van der Waals surface area contributed by atoms with E-state index in [1.54, 1.807) is 0 Å². The van der Waals surface area contributed by atoms with E-state index in [1.165, 1.54) is 13.2 Å². The molecule has 0 bridgehead atoms. The van der Waals surface area contributed by atoms with Crippen molar-refractivity contribution < 1.29 is 28.9 Å². The number of esters is 1. The number of hydrogen-bond donors (Lipinski definition) is 3. The number of carbonyl (C=O) groups excluding carboxylic acids is 1. The second-order valence-corrected chi connectivity index (χ2v) is 5.30. The first-order valence-corrected chi connectivity index (χ1v) is 7.65. The van der Waals surface area contributed by atoms with Crippen LogP contribution in [0.15, 0.2) is 42.5 Å². The van der Waals surface area contributed by atoms with Crippen LogP contribution < -0.4 is 10.1 Å². The molecule has 2 rings (SSSR count). The first kappa shape index (κ1) is 18.7. The largest absolute Gasteiger partial charge is 0.486 e. The second-order valence-electron chi connectivity index (χ2n) is 5.30. The fraction of sp³-hybridized carbons (Fsp3) is 0.278. The van der Waals surface area contributed by atoms with Gasteiger partial charge in [0.25, 0.3) is 0 Å². The molecule has 6 nitrogen and oxygen atoms in total. The quantitative estimate of drug-likeness (QED) is 0.632. The molecule has 0 aliphatic carbocycles. The maximum atomic E-state index is 14.3. The molecule has 134 valence electrons. The zero-order valence-electron chi connectivity index (χ0n) is 13.7. The molecule has 0 fully saturated rings. The van der Waals surface area contributed by atoms with Crippen LogP contribution in [0.2, 0.25) is 0 Å². The van der Waals surface area contributed by atoms with Gasteiger partial charge in [-0.05, 0) is 11.6 Å². The number of nitrogens with one attached hydrogen (secondary N) is 1. The lowest BCUT2D eigenvalue weighted by Crippen LogP contribution is -2.28. The van der Waals surface area contributed by atoms with Crippen molar-refractivity contribution in [3.05, 3.63) is 59.4 Å². The molecular weight excluding hydrogens is 329 g/mol. The highest BCUT2D eigenvalue weighted by molar-refractivity contribution is 5.96. The van der Waals surface area contributed by atoms with Crippen molar-refractivity contribution >= 4 is 11.7 Å². The highest BCUT2D eigenvalue weighted by Gasteiger charge is 2.19. The maximum Gasteiger partial charge on any atom is 0.340 e. The van der Waals surface area contributed by atoms with Gasteiger partial charge in [-0.3, -0.25) is 0 Å². The Bertz CT molecular complexity index is 704. The first-order chi connectivity index (χ1) is 12.1. The maximum absolute atomic E-state index is 14.3. The molecule has 0 amide bonds. The van der Waals surface area contributed by atoms with Crippen LogP contribution in [0.5, 0.6) is 5.75 Å². The van der Waals surface area contributed by atoms with Gasteiger partial charge in [0.15, 0.2) is 11.6 Å². The number of anilines is 1. The number of hydrogen-bond acceptors (Lipinski definition) is 6. The van der Waals surface area contributed by atoms with Gasteiger partial charge >= 0.3 is 5.97 Å². The number of aliphatic hydroxyl groups is 2. The molecule has 0 heterocycles. The lowest BCUT2D eigenvalue weighted by Gasteiger charge is -2.18. The lowest BCUT2D eigenvalue weighted by atomic mass is 10.1. The predicted octanol–water partition coefficient (Wildman–Crippen LogP) is 1.96. The van der Waals surface area contributed by atoms with Crippen molar-refractivity contribution in [3.63, 3.8) is 0 Å². The molecule has 0 atom stereocenters. The van der Waals surface area contributed by atoms with E-state index in [9.17, 15) is 9.18 Å². The van der Waals surface area contributed by atoms with Crippen molar-refractivity contribution in [1.29, 1.82) is 0 Å². The van der Waals surface area contributed by atoms with Gasteiger partial charge in [0, 0.05) is 6.07 Å². The molecule has 0 saturated carbocycles. The Hall–Kier alpha value is -2.64. The predicted molar refractivity (Wildman–Crippen MR) is 90.1 cm³/mol. The fourth-order valence-corrected chi connectivity index (χ4v) is 2.17. The van der Waals surface area contributed by atoms with E-state index in [-0.39, 0.29) is 36.8 Å². The van der Waals surface area contributed by atoms with Crippen LogP contribution in [-0.4, -0.2) is 42.5 Å². The number of halogens is 1. The monoisotopic (exact) mass is 349 g/mol. The molecule has 0 saturated heterocycles. The summed E-state index contributed by atoms with van der Waals surface area (Å²) in [7, 11) is 1.20. The Morgan fingerprint density at radius 3 is 2.48 bits per heavy atom. The van der Waals surface area contributed by atoms with Crippen LogP contribution in [0, 0.1) is 5.82 Å². The lowest BCUT2D eigenvalue weighted by molar-refractivity contribution is 0.0601. The summed E-state index contributed by atoms with van der Waals surface area (Å²) < 4.78 is 24.5. The van der Waals surface area contributed by atoms with E-state index in [4.69, 9.17) is 19.7 Å². The molecule has 0 radical (unpaired) electrons. The highest BCUT2D eigenvalue weighted by Crippen LogP contribution is 2.28. The number of carbonyl (C=O) groups is 1. The summed E-state index contributed by atoms with van der Waals surface area (Å²) in [4.78, 5) is 12.0. The molecule has 0 aromatic heterocycles. The highest BCUT2D eigenvalue weighted by atomic mass is 19.1. The van der Waals surface area contributed by atoms with E-state index in [0.717, 1.165) is 11.6 Å². The van der Waals surface area contributed by atoms with Gasteiger partial charge in [0.1, 0.15) is 6.61 Å². The third-order valence-corrected chi connectivity index (χ3v) is 3.51. The van der Waals surface area contributed by atoms with Crippen molar-refractivity contribution in [2.75, 3.05) is 25.6 Å².